The highest BCUT2D eigenvalue weighted by molar-refractivity contribution is 5.98. The van der Waals surface area contributed by atoms with Crippen LogP contribution in [0.1, 0.15) is 35.2 Å². The van der Waals surface area contributed by atoms with E-state index in [-0.39, 0.29) is 17.2 Å². The number of nitrogens with zero attached hydrogens (tertiary/aromatic N) is 3. The zero-order valence-electron chi connectivity index (χ0n) is 17.4. The molecule has 2 amide bonds. The number of aryl methyl sites for hydroxylation is 1. The predicted molar refractivity (Wildman–Crippen MR) is 117 cm³/mol. The first-order valence-corrected chi connectivity index (χ1v) is 10.7. The van der Waals surface area contributed by atoms with Crippen LogP contribution in [0.2, 0.25) is 0 Å². The third kappa shape index (κ3) is 3.18. The summed E-state index contributed by atoms with van der Waals surface area (Å²) >= 11 is 0. The molecule has 3 aromatic rings. The number of likely N-dealkylation sites (tertiary alicyclic amines) is 2. The van der Waals surface area contributed by atoms with Gasteiger partial charge in [-0.25, -0.2) is 0 Å². The van der Waals surface area contributed by atoms with Gasteiger partial charge in [-0.3, -0.25) is 9.59 Å². The molecule has 0 bridgehead atoms. The number of amides is 2. The minimum Gasteiger partial charge on any atom is -0.351 e. The van der Waals surface area contributed by atoms with Gasteiger partial charge in [0.25, 0.3) is 5.91 Å². The van der Waals surface area contributed by atoms with Crippen LogP contribution in [0.25, 0.3) is 10.9 Å². The van der Waals surface area contributed by atoms with Gasteiger partial charge in [0.15, 0.2) is 0 Å². The Hall–Kier alpha value is -3.08. The van der Waals surface area contributed by atoms with Crippen LogP contribution in [-0.2, 0) is 18.4 Å². The van der Waals surface area contributed by atoms with Crippen molar-refractivity contribution in [2.75, 3.05) is 19.6 Å². The number of carbonyl (C=O) groups excluding carboxylic acids is 2. The molecule has 1 aromatic heterocycles. The van der Waals surface area contributed by atoms with Crippen molar-refractivity contribution in [3.05, 3.63) is 71.9 Å². The molecular formula is C25H27N3O2. The standard InChI is InChI=1S/C25H27N3O2/c1-26-13-9-20-17-21(7-8-22(20)26)23(29)27-14-10-25(11-15-27)12-16-28(24(25)30)18-19-5-3-2-4-6-19/h2-9,13,17H,10-12,14-16,18H2,1H3. The quantitative estimate of drug-likeness (QED) is 0.670. The van der Waals surface area contributed by atoms with Crippen molar-refractivity contribution in [1.82, 2.24) is 14.4 Å². The molecule has 5 nitrogen and oxygen atoms in total. The maximum Gasteiger partial charge on any atom is 0.253 e. The van der Waals surface area contributed by atoms with Crippen LogP contribution in [-0.4, -0.2) is 45.8 Å². The minimum absolute atomic E-state index is 0.0715. The molecule has 2 aromatic carbocycles. The van der Waals surface area contributed by atoms with Crippen molar-refractivity contribution >= 4 is 22.7 Å². The summed E-state index contributed by atoms with van der Waals surface area (Å²) in [4.78, 5) is 30.2. The number of piperidine rings is 1. The summed E-state index contributed by atoms with van der Waals surface area (Å²) in [6, 6.07) is 18.1. The van der Waals surface area contributed by atoms with Crippen LogP contribution in [0.3, 0.4) is 0 Å². The van der Waals surface area contributed by atoms with E-state index in [1.54, 1.807) is 0 Å². The van der Waals surface area contributed by atoms with Gasteiger partial charge in [0.05, 0.1) is 5.41 Å². The van der Waals surface area contributed by atoms with E-state index < -0.39 is 0 Å². The Balaban J connectivity index is 1.25. The Bertz CT molecular complexity index is 1090. The lowest BCUT2D eigenvalue weighted by Gasteiger charge is -2.38. The molecule has 3 heterocycles. The Morgan fingerprint density at radius 3 is 2.47 bits per heavy atom. The fourth-order valence-corrected chi connectivity index (χ4v) is 5.05. The number of carbonyl (C=O) groups is 2. The van der Waals surface area contributed by atoms with Gasteiger partial charge in [-0.1, -0.05) is 30.3 Å². The van der Waals surface area contributed by atoms with Gasteiger partial charge >= 0.3 is 0 Å². The molecule has 154 valence electrons. The van der Waals surface area contributed by atoms with E-state index in [2.05, 4.69) is 16.7 Å². The van der Waals surface area contributed by atoms with E-state index in [4.69, 9.17) is 0 Å². The largest absolute Gasteiger partial charge is 0.351 e. The Morgan fingerprint density at radius 2 is 1.70 bits per heavy atom. The molecular weight excluding hydrogens is 374 g/mol. The second-order valence-electron chi connectivity index (χ2n) is 8.74. The molecule has 0 aliphatic carbocycles. The van der Waals surface area contributed by atoms with Crippen molar-refractivity contribution in [3.8, 4) is 0 Å². The highest BCUT2D eigenvalue weighted by Crippen LogP contribution is 2.42. The molecule has 1 spiro atoms. The fraction of sp³-hybridized carbons (Fsp3) is 0.360. The van der Waals surface area contributed by atoms with Crippen molar-refractivity contribution in [2.24, 2.45) is 12.5 Å². The zero-order valence-corrected chi connectivity index (χ0v) is 17.4. The van der Waals surface area contributed by atoms with Gasteiger partial charge in [-0.15, -0.1) is 0 Å². The summed E-state index contributed by atoms with van der Waals surface area (Å²) in [7, 11) is 2.01. The molecule has 0 saturated carbocycles. The third-order valence-corrected chi connectivity index (χ3v) is 6.96. The number of hydrogen-bond acceptors (Lipinski definition) is 2. The monoisotopic (exact) mass is 401 g/mol. The van der Waals surface area contributed by atoms with E-state index in [9.17, 15) is 9.59 Å². The summed E-state index contributed by atoms with van der Waals surface area (Å²) in [6.07, 6.45) is 4.43. The van der Waals surface area contributed by atoms with Crippen LogP contribution < -0.4 is 0 Å². The van der Waals surface area contributed by atoms with E-state index in [0.29, 0.717) is 19.6 Å². The molecule has 5 heteroatoms. The number of rotatable bonds is 3. The maximum atomic E-state index is 13.2. The molecule has 2 aliphatic heterocycles. The second kappa shape index (κ2) is 7.31. The molecule has 2 fully saturated rings. The van der Waals surface area contributed by atoms with Crippen LogP contribution >= 0.6 is 0 Å². The van der Waals surface area contributed by atoms with Crippen molar-refractivity contribution < 1.29 is 9.59 Å². The molecule has 2 aliphatic rings. The molecule has 0 unspecified atom stereocenters. The summed E-state index contributed by atoms with van der Waals surface area (Å²) in [5, 5.41) is 1.08. The normalized spacial score (nSPS) is 18.5. The van der Waals surface area contributed by atoms with Gasteiger partial charge in [0, 0.05) is 55.9 Å². The van der Waals surface area contributed by atoms with Crippen LogP contribution in [0.5, 0.6) is 0 Å². The predicted octanol–water partition coefficient (Wildman–Crippen LogP) is 3.83. The molecule has 5 rings (SSSR count). The molecule has 0 radical (unpaired) electrons. The third-order valence-electron chi connectivity index (χ3n) is 6.96. The fourth-order valence-electron chi connectivity index (χ4n) is 5.05. The van der Waals surface area contributed by atoms with Crippen molar-refractivity contribution in [1.29, 1.82) is 0 Å². The van der Waals surface area contributed by atoms with Gasteiger partial charge in [-0.2, -0.15) is 0 Å². The first-order chi connectivity index (χ1) is 14.6. The van der Waals surface area contributed by atoms with Gasteiger partial charge in [0.2, 0.25) is 5.91 Å². The van der Waals surface area contributed by atoms with E-state index in [1.807, 2.05) is 65.5 Å². The molecule has 0 atom stereocenters. The van der Waals surface area contributed by atoms with Gasteiger partial charge < -0.3 is 14.4 Å². The number of benzene rings is 2. The number of hydrogen-bond donors (Lipinski definition) is 0. The summed E-state index contributed by atoms with van der Waals surface area (Å²) in [5.74, 6) is 0.339. The first kappa shape index (κ1) is 18.9. The average Bonchev–Trinajstić information content (AvgIpc) is 3.30. The highest BCUT2D eigenvalue weighted by Gasteiger charge is 2.48. The van der Waals surface area contributed by atoms with E-state index >= 15 is 0 Å². The van der Waals surface area contributed by atoms with E-state index in [0.717, 1.165) is 42.3 Å². The lowest BCUT2D eigenvalue weighted by Crippen LogP contribution is -2.46. The SMILES string of the molecule is Cn1ccc2cc(C(=O)N3CCC4(CC3)CCN(Cc3ccccc3)C4=O)ccc21. The summed E-state index contributed by atoms with van der Waals surface area (Å²) in [6.45, 7) is 2.79. The Kier molecular flexibility index (Phi) is 4.61. The number of fused-ring (bicyclic) bond motifs is 1. The van der Waals surface area contributed by atoms with Crippen LogP contribution in [0.15, 0.2) is 60.8 Å². The lowest BCUT2D eigenvalue weighted by atomic mass is 9.77. The molecule has 30 heavy (non-hydrogen) atoms. The zero-order chi connectivity index (χ0) is 20.7. The maximum absolute atomic E-state index is 13.2. The Morgan fingerprint density at radius 1 is 0.967 bits per heavy atom. The summed E-state index contributed by atoms with van der Waals surface area (Å²) in [5.41, 5.74) is 2.74. The van der Waals surface area contributed by atoms with Crippen LogP contribution in [0, 0.1) is 5.41 Å². The van der Waals surface area contributed by atoms with E-state index in [1.165, 1.54) is 5.56 Å². The smallest absolute Gasteiger partial charge is 0.253 e. The minimum atomic E-state index is -0.283. The lowest BCUT2D eigenvalue weighted by molar-refractivity contribution is -0.138. The summed E-state index contributed by atoms with van der Waals surface area (Å²) < 4.78 is 2.06. The molecule has 0 N–H and O–H groups in total. The van der Waals surface area contributed by atoms with Crippen LogP contribution in [0.4, 0.5) is 0 Å². The van der Waals surface area contributed by atoms with Crippen molar-refractivity contribution in [3.63, 3.8) is 0 Å². The first-order valence-electron chi connectivity index (χ1n) is 10.7. The average molecular weight is 402 g/mol. The Labute approximate surface area is 176 Å². The van der Waals surface area contributed by atoms with Gasteiger partial charge in [0.1, 0.15) is 0 Å². The van der Waals surface area contributed by atoms with Crippen molar-refractivity contribution in [2.45, 2.75) is 25.8 Å². The number of aromatic nitrogens is 1. The molecule has 2 saturated heterocycles. The second-order valence-corrected chi connectivity index (χ2v) is 8.74. The highest BCUT2D eigenvalue weighted by atomic mass is 16.2. The van der Waals surface area contributed by atoms with Gasteiger partial charge in [-0.05, 0) is 49.1 Å². The topological polar surface area (TPSA) is 45.6 Å².